The zero-order chi connectivity index (χ0) is 8.04. The third-order valence-electron chi connectivity index (χ3n) is 1.17. The van der Waals surface area contributed by atoms with Crippen LogP contribution in [0.2, 0.25) is 0 Å². The molecule has 0 fully saturated rings. The average Bonchev–Trinajstić information content (AvgIpc) is 1.84. The summed E-state index contributed by atoms with van der Waals surface area (Å²) in [5.41, 5.74) is -0.815. The first-order chi connectivity index (χ1) is 4.62. The van der Waals surface area contributed by atoms with Gasteiger partial charge in [0.05, 0.1) is 5.60 Å². The smallest absolute Gasteiger partial charge is 0.0908 e. The highest BCUT2D eigenvalue weighted by atomic mass is 16.3. The lowest BCUT2D eigenvalue weighted by Gasteiger charge is -2.14. The number of allylic oxidation sites excluding steroid dienone is 1. The Morgan fingerprint density at radius 3 is 2.70 bits per heavy atom. The van der Waals surface area contributed by atoms with E-state index in [9.17, 15) is 5.11 Å². The molecule has 0 radical (unpaired) electrons. The van der Waals surface area contributed by atoms with Crippen molar-refractivity contribution in [1.82, 2.24) is 0 Å². The van der Waals surface area contributed by atoms with Gasteiger partial charge in [-0.1, -0.05) is 19.1 Å². The lowest BCUT2D eigenvalue weighted by Crippen LogP contribution is -2.19. The van der Waals surface area contributed by atoms with E-state index in [0.29, 0.717) is 6.42 Å². The van der Waals surface area contributed by atoms with Crippen LogP contribution in [0.4, 0.5) is 0 Å². The highest BCUT2D eigenvalue weighted by molar-refractivity contribution is 5.04. The summed E-state index contributed by atoms with van der Waals surface area (Å²) >= 11 is 0. The van der Waals surface area contributed by atoms with Gasteiger partial charge >= 0.3 is 0 Å². The van der Waals surface area contributed by atoms with Crippen LogP contribution in [0.1, 0.15) is 26.7 Å². The van der Waals surface area contributed by atoms with Crippen molar-refractivity contribution in [3.63, 3.8) is 0 Å². The summed E-state index contributed by atoms with van der Waals surface area (Å²) < 4.78 is 0. The lowest BCUT2D eigenvalue weighted by atomic mass is 10.0. The average molecular weight is 138 g/mol. The highest BCUT2D eigenvalue weighted by Gasteiger charge is 2.12. The standard InChI is InChI=1S/C9H14O/c1-4-6-8-9(3,10)7-5-2/h2,6,8,10H,4,7H2,1,3H3/b8-6+. The quantitative estimate of drug-likeness (QED) is 0.465. The van der Waals surface area contributed by atoms with Crippen LogP contribution >= 0.6 is 0 Å². The second kappa shape index (κ2) is 4.14. The number of aliphatic hydroxyl groups is 1. The summed E-state index contributed by atoms with van der Waals surface area (Å²) in [5, 5.41) is 9.42. The second-order valence-corrected chi connectivity index (χ2v) is 2.55. The van der Waals surface area contributed by atoms with Gasteiger partial charge in [-0.05, 0) is 13.3 Å². The molecular weight excluding hydrogens is 124 g/mol. The van der Waals surface area contributed by atoms with Crippen molar-refractivity contribution in [2.24, 2.45) is 0 Å². The molecule has 0 aromatic heterocycles. The molecule has 0 aliphatic carbocycles. The fraction of sp³-hybridized carbons (Fsp3) is 0.556. The van der Waals surface area contributed by atoms with Gasteiger partial charge in [-0.3, -0.25) is 0 Å². The van der Waals surface area contributed by atoms with Crippen LogP contribution in [0.15, 0.2) is 12.2 Å². The first-order valence-electron chi connectivity index (χ1n) is 3.46. The van der Waals surface area contributed by atoms with Crippen molar-refractivity contribution in [1.29, 1.82) is 0 Å². The van der Waals surface area contributed by atoms with Gasteiger partial charge in [-0.2, -0.15) is 0 Å². The summed E-state index contributed by atoms with van der Waals surface area (Å²) in [5.74, 6) is 2.42. The first kappa shape index (κ1) is 9.26. The predicted molar refractivity (Wildman–Crippen MR) is 43.5 cm³/mol. The highest BCUT2D eigenvalue weighted by Crippen LogP contribution is 2.09. The number of terminal acetylenes is 1. The molecule has 1 N–H and O–H groups in total. The molecule has 1 heteroatoms. The van der Waals surface area contributed by atoms with Crippen LogP contribution in [-0.2, 0) is 0 Å². The van der Waals surface area contributed by atoms with E-state index in [-0.39, 0.29) is 0 Å². The summed E-state index contributed by atoms with van der Waals surface area (Å²) in [4.78, 5) is 0. The Bertz CT molecular complexity index is 149. The predicted octanol–water partition coefficient (Wildman–Crippen LogP) is 1.73. The monoisotopic (exact) mass is 138 g/mol. The van der Waals surface area contributed by atoms with Gasteiger partial charge in [-0.25, -0.2) is 0 Å². The minimum Gasteiger partial charge on any atom is -0.385 e. The molecule has 1 atom stereocenters. The third kappa shape index (κ3) is 4.17. The Kier molecular flexibility index (Phi) is 3.83. The molecule has 0 saturated heterocycles. The van der Waals surface area contributed by atoms with Gasteiger partial charge in [0.25, 0.3) is 0 Å². The van der Waals surface area contributed by atoms with Crippen LogP contribution in [-0.4, -0.2) is 10.7 Å². The maximum Gasteiger partial charge on any atom is 0.0908 e. The summed E-state index contributed by atoms with van der Waals surface area (Å²) in [6.45, 7) is 3.72. The maximum atomic E-state index is 9.42. The van der Waals surface area contributed by atoms with Crippen molar-refractivity contribution in [2.45, 2.75) is 32.3 Å². The zero-order valence-corrected chi connectivity index (χ0v) is 6.59. The van der Waals surface area contributed by atoms with E-state index >= 15 is 0 Å². The molecule has 1 nitrogen and oxygen atoms in total. The molecule has 0 spiro atoms. The van der Waals surface area contributed by atoms with Gasteiger partial charge in [0.1, 0.15) is 0 Å². The van der Waals surface area contributed by atoms with E-state index < -0.39 is 5.60 Å². The lowest BCUT2D eigenvalue weighted by molar-refractivity contribution is 0.117. The second-order valence-electron chi connectivity index (χ2n) is 2.55. The van der Waals surface area contributed by atoms with E-state index in [1.165, 1.54) is 0 Å². The van der Waals surface area contributed by atoms with Crippen LogP contribution in [0.5, 0.6) is 0 Å². The van der Waals surface area contributed by atoms with Crippen molar-refractivity contribution in [3.05, 3.63) is 12.2 Å². The zero-order valence-electron chi connectivity index (χ0n) is 6.59. The van der Waals surface area contributed by atoms with Gasteiger partial charge in [0.2, 0.25) is 0 Å². The van der Waals surface area contributed by atoms with E-state index in [1.807, 2.05) is 13.0 Å². The van der Waals surface area contributed by atoms with Crippen molar-refractivity contribution in [3.8, 4) is 12.3 Å². The normalized spacial score (nSPS) is 16.6. The van der Waals surface area contributed by atoms with Gasteiger partial charge in [-0.15, -0.1) is 12.3 Å². The number of rotatable bonds is 3. The number of hydrogen-bond donors (Lipinski definition) is 1. The van der Waals surface area contributed by atoms with Gasteiger partial charge in [0, 0.05) is 6.42 Å². The summed E-state index contributed by atoms with van der Waals surface area (Å²) in [6.07, 6.45) is 10.0. The maximum absolute atomic E-state index is 9.42. The van der Waals surface area contributed by atoms with Crippen molar-refractivity contribution in [2.75, 3.05) is 0 Å². The van der Waals surface area contributed by atoms with Crippen molar-refractivity contribution < 1.29 is 5.11 Å². The molecule has 10 heavy (non-hydrogen) atoms. The van der Waals surface area contributed by atoms with Crippen LogP contribution in [0.3, 0.4) is 0 Å². The molecule has 0 amide bonds. The molecule has 56 valence electrons. The Balaban J connectivity index is 3.88. The Morgan fingerprint density at radius 1 is 1.70 bits per heavy atom. The van der Waals surface area contributed by atoms with Crippen LogP contribution in [0.25, 0.3) is 0 Å². The molecule has 0 saturated carbocycles. The minimum atomic E-state index is -0.815. The number of hydrogen-bond acceptors (Lipinski definition) is 1. The van der Waals surface area contributed by atoms with E-state index in [0.717, 1.165) is 6.42 Å². The van der Waals surface area contributed by atoms with E-state index in [2.05, 4.69) is 5.92 Å². The molecule has 0 rings (SSSR count). The third-order valence-corrected chi connectivity index (χ3v) is 1.17. The fourth-order valence-electron chi connectivity index (χ4n) is 0.637. The molecule has 0 aliphatic heterocycles. The Hall–Kier alpha value is -0.740. The minimum absolute atomic E-state index is 0.378. The van der Waals surface area contributed by atoms with Crippen LogP contribution < -0.4 is 0 Å². The largest absolute Gasteiger partial charge is 0.385 e. The Labute approximate surface area is 62.8 Å². The molecule has 0 aromatic rings. The van der Waals surface area contributed by atoms with Crippen LogP contribution in [0, 0.1) is 12.3 Å². The summed E-state index contributed by atoms with van der Waals surface area (Å²) in [7, 11) is 0. The fourth-order valence-corrected chi connectivity index (χ4v) is 0.637. The topological polar surface area (TPSA) is 20.2 Å². The molecule has 0 heterocycles. The molecule has 0 aliphatic rings. The SMILES string of the molecule is C#CCC(C)(O)/C=C/CC. The summed E-state index contributed by atoms with van der Waals surface area (Å²) in [6, 6.07) is 0. The van der Waals surface area contributed by atoms with E-state index in [4.69, 9.17) is 6.42 Å². The van der Waals surface area contributed by atoms with E-state index in [1.54, 1.807) is 13.0 Å². The molecule has 0 aromatic carbocycles. The molecule has 1 unspecified atom stereocenters. The molecule has 0 bridgehead atoms. The first-order valence-corrected chi connectivity index (χ1v) is 3.46. The Morgan fingerprint density at radius 2 is 2.30 bits per heavy atom. The van der Waals surface area contributed by atoms with Gasteiger partial charge < -0.3 is 5.11 Å². The molecular formula is C9H14O. The van der Waals surface area contributed by atoms with Crippen molar-refractivity contribution >= 4 is 0 Å². The van der Waals surface area contributed by atoms with Gasteiger partial charge in [0.15, 0.2) is 0 Å².